The van der Waals surface area contributed by atoms with Crippen molar-refractivity contribution in [2.75, 3.05) is 19.0 Å². The second kappa shape index (κ2) is 9.07. The van der Waals surface area contributed by atoms with Crippen molar-refractivity contribution in [3.8, 4) is 5.75 Å². The number of hydrogen-bond acceptors (Lipinski definition) is 5. The smallest absolute Gasteiger partial charge is 0.129 e. The largest absolute Gasteiger partial charge is 0.496 e. The summed E-state index contributed by atoms with van der Waals surface area (Å²) >= 11 is 0. The SMILES string of the molecule is COc1ccccc1CCNc1cc(C(C)Cn2nc(C)c(C)c2C)nc(C)n1. The Morgan fingerprint density at radius 2 is 1.86 bits per heavy atom. The van der Waals surface area contributed by atoms with E-state index in [1.807, 2.05) is 25.1 Å². The Balaban J connectivity index is 1.68. The van der Waals surface area contributed by atoms with E-state index in [4.69, 9.17) is 4.74 Å². The Morgan fingerprint density at radius 1 is 1.10 bits per heavy atom. The summed E-state index contributed by atoms with van der Waals surface area (Å²) in [4.78, 5) is 9.23. The van der Waals surface area contributed by atoms with E-state index in [-0.39, 0.29) is 5.92 Å². The van der Waals surface area contributed by atoms with Crippen LogP contribution in [0.15, 0.2) is 30.3 Å². The van der Waals surface area contributed by atoms with Crippen LogP contribution < -0.4 is 10.1 Å². The van der Waals surface area contributed by atoms with Gasteiger partial charge in [0.05, 0.1) is 18.5 Å². The van der Waals surface area contributed by atoms with Gasteiger partial charge in [-0.2, -0.15) is 5.10 Å². The molecule has 0 bridgehead atoms. The molecule has 1 N–H and O–H groups in total. The molecule has 0 radical (unpaired) electrons. The summed E-state index contributed by atoms with van der Waals surface area (Å²) in [6, 6.07) is 10.2. The van der Waals surface area contributed by atoms with Crippen molar-refractivity contribution in [3.63, 3.8) is 0 Å². The lowest BCUT2D eigenvalue weighted by atomic mass is 10.1. The van der Waals surface area contributed by atoms with E-state index >= 15 is 0 Å². The van der Waals surface area contributed by atoms with Crippen molar-refractivity contribution in [1.29, 1.82) is 0 Å². The van der Waals surface area contributed by atoms with Crippen LogP contribution in [-0.4, -0.2) is 33.4 Å². The molecule has 6 nitrogen and oxygen atoms in total. The molecule has 0 aliphatic heterocycles. The van der Waals surface area contributed by atoms with Gasteiger partial charge < -0.3 is 10.1 Å². The molecule has 1 aromatic carbocycles. The molecule has 0 spiro atoms. The predicted octanol–water partition coefficient (Wildman–Crippen LogP) is 4.37. The molecule has 0 amide bonds. The average molecular weight is 394 g/mol. The zero-order valence-corrected chi connectivity index (χ0v) is 18.3. The summed E-state index contributed by atoms with van der Waals surface area (Å²) in [5, 5.41) is 8.11. The highest BCUT2D eigenvalue weighted by Crippen LogP contribution is 2.21. The Labute approximate surface area is 173 Å². The highest BCUT2D eigenvalue weighted by Gasteiger charge is 2.15. The molecule has 2 heterocycles. The van der Waals surface area contributed by atoms with E-state index in [1.165, 1.54) is 16.8 Å². The fraction of sp³-hybridized carbons (Fsp3) is 0.435. The molecule has 0 aliphatic carbocycles. The molecule has 0 saturated carbocycles. The topological polar surface area (TPSA) is 64.9 Å². The Hall–Kier alpha value is -2.89. The average Bonchev–Trinajstić information content (AvgIpc) is 2.94. The lowest BCUT2D eigenvalue weighted by molar-refractivity contribution is 0.410. The third-order valence-electron chi connectivity index (χ3n) is 5.45. The Kier molecular flexibility index (Phi) is 6.52. The minimum absolute atomic E-state index is 0.240. The van der Waals surface area contributed by atoms with Crippen LogP contribution in [0.25, 0.3) is 0 Å². The number of ether oxygens (including phenoxy) is 1. The van der Waals surface area contributed by atoms with Gasteiger partial charge in [0.25, 0.3) is 0 Å². The maximum absolute atomic E-state index is 5.43. The van der Waals surface area contributed by atoms with Gasteiger partial charge in [-0.1, -0.05) is 25.1 Å². The van der Waals surface area contributed by atoms with Crippen LogP contribution in [0.2, 0.25) is 0 Å². The van der Waals surface area contributed by atoms with Crippen LogP contribution in [0.5, 0.6) is 5.75 Å². The molecular weight excluding hydrogens is 362 g/mol. The third-order valence-corrected chi connectivity index (χ3v) is 5.45. The highest BCUT2D eigenvalue weighted by atomic mass is 16.5. The lowest BCUT2D eigenvalue weighted by Gasteiger charge is -2.15. The van der Waals surface area contributed by atoms with E-state index in [1.54, 1.807) is 7.11 Å². The molecule has 0 aliphatic rings. The first-order valence-corrected chi connectivity index (χ1v) is 10.1. The lowest BCUT2D eigenvalue weighted by Crippen LogP contribution is -2.13. The van der Waals surface area contributed by atoms with Crippen molar-refractivity contribution < 1.29 is 4.74 Å². The summed E-state index contributed by atoms with van der Waals surface area (Å²) in [6.45, 7) is 12.0. The number of nitrogens with one attached hydrogen (secondary N) is 1. The minimum atomic E-state index is 0.240. The van der Waals surface area contributed by atoms with Crippen molar-refractivity contribution in [2.24, 2.45) is 0 Å². The van der Waals surface area contributed by atoms with Gasteiger partial charge in [-0.05, 0) is 51.3 Å². The van der Waals surface area contributed by atoms with Crippen LogP contribution in [0.1, 0.15) is 46.9 Å². The number of benzene rings is 1. The van der Waals surface area contributed by atoms with Crippen LogP contribution >= 0.6 is 0 Å². The number of rotatable bonds is 8. The third kappa shape index (κ3) is 4.94. The van der Waals surface area contributed by atoms with E-state index in [2.05, 4.69) is 64.9 Å². The molecule has 2 aromatic heterocycles. The van der Waals surface area contributed by atoms with Crippen molar-refractivity contribution >= 4 is 5.82 Å². The number of hydrogen-bond donors (Lipinski definition) is 1. The monoisotopic (exact) mass is 393 g/mol. The molecule has 0 saturated heterocycles. The van der Waals surface area contributed by atoms with Gasteiger partial charge in [0.15, 0.2) is 0 Å². The summed E-state index contributed by atoms with van der Waals surface area (Å²) < 4.78 is 7.52. The molecule has 1 atom stereocenters. The van der Waals surface area contributed by atoms with Gasteiger partial charge in [-0.3, -0.25) is 4.68 Å². The molecule has 29 heavy (non-hydrogen) atoms. The zero-order chi connectivity index (χ0) is 21.0. The van der Waals surface area contributed by atoms with Gasteiger partial charge in [0.1, 0.15) is 17.4 Å². The summed E-state index contributed by atoms with van der Waals surface area (Å²) in [6.07, 6.45) is 0.864. The van der Waals surface area contributed by atoms with Gasteiger partial charge in [-0.25, -0.2) is 9.97 Å². The summed E-state index contributed by atoms with van der Waals surface area (Å²) in [7, 11) is 1.71. The first kappa shape index (κ1) is 20.8. The number of aromatic nitrogens is 4. The maximum atomic E-state index is 5.43. The fourth-order valence-corrected chi connectivity index (χ4v) is 3.49. The van der Waals surface area contributed by atoms with Crippen LogP contribution in [0.4, 0.5) is 5.82 Å². The Bertz CT molecular complexity index is 979. The first-order valence-electron chi connectivity index (χ1n) is 10.1. The number of methoxy groups -OCH3 is 1. The van der Waals surface area contributed by atoms with Crippen molar-refractivity contribution in [3.05, 3.63) is 64.4 Å². The van der Waals surface area contributed by atoms with Crippen LogP contribution in [-0.2, 0) is 13.0 Å². The second-order valence-corrected chi connectivity index (χ2v) is 7.59. The predicted molar refractivity (Wildman–Crippen MR) is 117 cm³/mol. The van der Waals surface area contributed by atoms with Crippen molar-refractivity contribution in [1.82, 2.24) is 19.7 Å². The molecular formula is C23H31N5O. The van der Waals surface area contributed by atoms with E-state index in [0.717, 1.165) is 48.3 Å². The van der Waals surface area contributed by atoms with E-state index in [0.29, 0.717) is 0 Å². The first-order chi connectivity index (χ1) is 13.9. The second-order valence-electron chi connectivity index (χ2n) is 7.59. The van der Waals surface area contributed by atoms with Crippen LogP contribution in [0.3, 0.4) is 0 Å². The Morgan fingerprint density at radius 3 is 2.55 bits per heavy atom. The molecule has 6 heteroatoms. The van der Waals surface area contributed by atoms with E-state index < -0.39 is 0 Å². The van der Waals surface area contributed by atoms with Crippen molar-refractivity contribution in [2.45, 2.75) is 53.5 Å². The highest BCUT2D eigenvalue weighted by molar-refractivity contribution is 5.39. The molecule has 0 fully saturated rings. The number of anilines is 1. The quantitative estimate of drug-likeness (QED) is 0.615. The number of aryl methyl sites for hydroxylation is 2. The van der Waals surface area contributed by atoms with Gasteiger partial charge in [0.2, 0.25) is 0 Å². The van der Waals surface area contributed by atoms with Gasteiger partial charge in [0, 0.05) is 30.8 Å². The zero-order valence-electron chi connectivity index (χ0n) is 18.3. The summed E-state index contributed by atoms with van der Waals surface area (Å²) in [5.41, 5.74) is 5.78. The van der Waals surface area contributed by atoms with Gasteiger partial charge >= 0.3 is 0 Å². The number of para-hydroxylation sites is 1. The summed E-state index contributed by atoms with van der Waals surface area (Å²) in [5.74, 6) is 2.80. The van der Waals surface area contributed by atoms with Crippen LogP contribution in [0, 0.1) is 27.7 Å². The molecule has 1 unspecified atom stereocenters. The molecule has 154 valence electrons. The normalized spacial score (nSPS) is 12.1. The maximum Gasteiger partial charge on any atom is 0.129 e. The fourth-order valence-electron chi connectivity index (χ4n) is 3.49. The minimum Gasteiger partial charge on any atom is -0.496 e. The molecule has 3 aromatic rings. The van der Waals surface area contributed by atoms with E-state index in [9.17, 15) is 0 Å². The standard InChI is InChI=1S/C23H31N5O/c1-15(14-28-18(4)16(2)17(3)27-28)21-13-23(26-19(5)25-21)24-12-11-20-9-7-8-10-22(20)29-6/h7-10,13,15H,11-12,14H2,1-6H3,(H,24,25,26). The van der Waals surface area contributed by atoms with Gasteiger partial charge in [-0.15, -0.1) is 0 Å². The number of nitrogens with zero attached hydrogens (tertiary/aromatic N) is 4. The molecule has 3 rings (SSSR count).